The molecule has 0 aromatic carbocycles. The molecule has 1 rings (SSSR count). The van der Waals surface area contributed by atoms with E-state index in [0.717, 1.165) is 38.0 Å². The van der Waals surface area contributed by atoms with E-state index in [2.05, 4.69) is 32.9 Å². The minimum atomic E-state index is -0.606. The van der Waals surface area contributed by atoms with E-state index in [1.807, 2.05) is 6.08 Å². The molecule has 0 bridgehead atoms. The van der Waals surface area contributed by atoms with Crippen LogP contribution in [0.15, 0.2) is 24.3 Å². The van der Waals surface area contributed by atoms with Gasteiger partial charge in [0.25, 0.3) is 0 Å². The number of carbonyl (C=O) groups is 1. The van der Waals surface area contributed by atoms with E-state index in [9.17, 15) is 15.0 Å². The van der Waals surface area contributed by atoms with Crippen LogP contribution in [0.5, 0.6) is 0 Å². The molecule has 1 saturated carbocycles. The van der Waals surface area contributed by atoms with Crippen molar-refractivity contribution in [3.05, 3.63) is 24.3 Å². The Balaban J connectivity index is 2.47. The summed E-state index contributed by atoms with van der Waals surface area (Å²) in [5.41, 5.74) is 0. The lowest BCUT2D eigenvalue weighted by atomic mass is 9.90. The SMILES string of the molecule is CCCCCC(O)/C=C/[C@H]1C(O)CC(=O)[C@@H]1CC=CCCCC(C)C. The van der Waals surface area contributed by atoms with Crippen LogP contribution in [-0.4, -0.2) is 28.2 Å². The summed E-state index contributed by atoms with van der Waals surface area (Å²) in [7, 11) is 0. The van der Waals surface area contributed by atoms with Gasteiger partial charge in [-0.25, -0.2) is 0 Å². The number of allylic oxidation sites excluding steroid dienone is 2. The molecule has 0 amide bonds. The van der Waals surface area contributed by atoms with Gasteiger partial charge in [0.05, 0.1) is 12.2 Å². The van der Waals surface area contributed by atoms with E-state index in [1.54, 1.807) is 6.08 Å². The van der Waals surface area contributed by atoms with Gasteiger partial charge in [0.15, 0.2) is 0 Å². The highest BCUT2D eigenvalue weighted by atomic mass is 16.3. The van der Waals surface area contributed by atoms with Crippen LogP contribution in [0.1, 0.15) is 78.6 Å². The summed E-state index contributed by atoms with van der Waals surface area (Å²) in [6.07, 6.45) is 15.3. The van der Waals surface area contributed by atoms with Gasteiger partial charge in [-0.05, 0) is 31.6 Å². The second-order valence-corrected chi connectivity index (χ2v) is 7.90. The second-order valence-electron chi connectivity index (χ2n) is 7.90. The van der Waals surface area contributed by atoms with Crippen molar-refractivity contribution < 1.29 is 15.0 Å². The molecule has 0 spiro atoms. The highest BCUT2D eigenvalue weighted by molar-refractivity contribution is 5.84. The van der Waals surface area contributed by atoms with Gasteiger partial charge < -0.3 is 10.2 Å². The number of unbranched alkanes of at least 4 members (excludes halogenated alkanes) is 3. The summed E-state index contributed by atoms with van der Waals surface area (Å²) in [5.74, 6) is 0.580. The van der Waals surface area contributed by atoms with E-state index in [0.29, 0.717) is 6.42 Å². The summed E-state index contributed by atoms with van der Waals surface area (Å²) in [5, 5.41) is 20.2. The fourth-order valence-electron chi connectivity index (χ4n) is 3.49. The first-order chi connectivity index (χ1) is 12.0. The number of aliphatic hydroxyl groups excluding tert-OH is 2. The highest BCUT2D eigenvalue weighted by Gasteiger charge is 2.39. The van der Waals surface area contributed by atoms with Crippen LogP contribution in [0, 0.1) is 17.8 Å². The van der Waals surface area contributed by atoms with Crippen LogP contribution in [0.4, 0.5) is 0 Å². The molecule has 3 heteroatoms. The Bertz CT molecular complexity index is 425. The number of aliphatic hydroxyl groups is 2. The third-order valence-corrected chi connectivity index (χ3v) is 5.10. The molecule has 0 saturated heterocycles. The average Bonchev–Trinajstić information content (AvgIpc) is 2.82. The minimum absolute atomic E-state index is 0.143. The largest absolute Gasteiger partial charge is 0.392 e. The van der Waals surface area contributed by atoms with Gasteiger partial charge in [-0.2, -0.15) is 0 Å². The first-order valence-electron chi connectivity index (χ1n) is 10.2. The maximum atomic E-state index is 12.2. The zero-order valence-corrected chi connectivity index (χ0v) is 16.4. The summed E-state index contributed by atoms with van der Waals surface area (Å²) < 4.78 is 0. The van der Waals surface area contributed by atoms with Crippen molar-refractivity contribution in [3.8, 4) is 0 Å². The molecule has 2 unspecified atom stereocenters. The van der Waals surface area contributed by atoms with Gasteiger partial charge in [-0.1, -0.05) is 70.8 Å². The number of hydrogen-bond acceptors (Lipinski definition) is 3. The Hall–Kier alpha value is -0.930. The molecular formula is C22H38O3. The summed E-state index contributed by atoms with van der Waals surface area (Å²) in [6.45, 7) is 6.61. The number of hydrogen-bond donors (Lipinski definition) is 2. The van der Waals surface area contributed by atoms with Crippen LogP contribution in [0.2, 0.25) is 0 Å². The molecule has 4 atom stereocenters. The van der Waals surface area contributed by atoms with Crippen LogP contribution >= 0.6 is 0 Å². The van der Waals surface area contributed by atoms with Crippen molar-refractivity contribution in [1.82, 2.24) is 0 Å². The van der Waals surface area contributed by atoms with Gasteiger partial charge in [-0.3, -0.25) is 4.79 Å². The fraction of sp³-hybridized carbons (Fsp3) is 0.773. The lowest BCUT2D eigenvalue weighted by Gasteiger charge is -2.16. The Kier molecular flexibility index (Phi) is 11.0. The highest BCUT2D eigenvalue weighted by Crippen LogP contribution is 2.33. The van der Waals surface area contributed by atoms with E-state index in [4.69, 9.17) is 0 Å². The summed E-state index contributed by atoms with van der Waals surface area (Å²) in [6, 6.07) is 0. The average molecular weight is 351 g/mol. The van der Waals surface area contributed by atoms with Crippen molar-refractivity contribution in [3.63, 3.8) is 0 Å². The molecule has 3 nitrogen and oxygen atoms in total. The second kappa shape index (κ2) is 12.4. The molecule has 1 aliphatic carbocycles. The number of ketones is 1. The van der Waals surface area contributed by atoms with Crippen LogP contribution < -0.4 is 0 Å². The topological polar surface area (TPSA) is 57.5 Å². The zero-order chi connectivity index (χ0) is 18.7. The molecule has 25 heavy (non-hydrogen) atoms. The van der Waals surface area contributed by atoms with Gasteiger partial charge in [0.2, 0.25) is 0 Å². The third-order valence-electron chi connectivity index (χ3n) is 5.10. The van der Waals surface area contributed by atoms with Crippen molar-refractivity contribution in [2.45, 2.75) is 90.8 Å². The van der Waals surface area contributed by atoms with E-state index in [-0.39, 0.29) is 24.0 Å². The Morgan fingerprint density at radius 2 is 1.92 bits per heavy atom. The number of rotatable bonds is 12. The molecule has 0 aliphatic heterocycles. The molecule has 0 heterocycles. The first kappa shape index (κ1) is 22.1. The van der Waals surface area contributed by atoms with Gasteiger partial charge in [0.1, 0.15) is 5.78 Å². The summed E-state index contributed by atoms with van der Waals surface area (Å²) >= 11 is 0. The van der Waals surface area contributed by atoms with Gasteiger partial charge in [0, 0.05) is 18.3 Å². The monoisotopic (exact) mass is 350 g/mol. The van der Waals surface area contributed by atoms with Crippen molar-refractivity contribution in [2.24, 2.45) is 17.8 Å². The van der Waals surface area contributed by atoms with Gasteiger partial charge >= 0.3 is 0 Å². The van der Waals surface area contributed by atoms with Crippen LogP contribution in [0.3, 0.4) is 0 Å². The van der Waals surface area contributed by atoms with E-state index < -0.39 is 12.2 Å². The predicted molar refractivity (Wildman–Crippen MR) is 104 cm³/mol. The molecule has 0 radical (unpaired) electrons. The van der Waals surface area contributed by atoms with Crippen molar-refractivity contribution >= 4 is 5.78 Å². The molecule has 1 aliphatic rings. The molecule has 2 N–H and O–H groups in total. The fourth-order valence-corrected chi connectivity index (χ4v) is 3.49. The van der Waals surface area contributed by atoms with Crippen LogP contribution in [-0.2, 0) is 4.79 Å². The van der Waals surface area contributed by atoms with Crippen molar-refractivity contribution in [2.75, 3.05) is 0 Å². The maximum Gasteiger partial charge on any atom is 0.139 e. The summed E-state index contributed by atoms with van der Waals surface area (Å²) in [4.78, 5) is 12.2. The third kappa shape index (κ3) is 8.82. The number of carbonyl (C=O) groups excluding carboxylic acids is 1. The lowest BCUT2D eigenvalue weighted by Crippen LogP contribution is -2.18. The predicted octanol–water partition coefficient (Wildman–Crippen LogP) is 4.82. The maximum absolute atomic E-state index is 12.2. The van der Waals surface area contributed by atoms with E-state index in [1.165, 1.54) is 12.8 Å². The lowest BCUT2D eigenvalue weighted by molar-refractivity contribution is -0.121. The Labute approximate surface area is 154 Å². The zero-order valence-electron chi connectivity index (χ0n) is 16.4. The molecule has 1 fully saturated rings. The van der Waals surface area contributed by atoms with Gasteiger partial charge in [-0.15, -0.1) is 0 Å². The Morgan fingerprint density at radius 1 is 1.16 bits per heavy atom. The molecule has 0 aromatic heterocycles. The standard InChI is InChI=1S/C22H38O3/c1-4-5-8-12-18(23)14-15-20-19(21(24)16-22(20)25)13-10-7-6-9-11-17(2)3/h7,10,14-15,17-20,22-23,25H,4-6,8-9,11-13,16H2,1-3H3/b10-7?,15-14+/t18?,19-,20-,22?/m1/s1. The quantitative estimate of drug-likeness (QED) is 0.392. The molecular weight excluding hydrogens is 312 g/mol. The normalized spacial score (nSPS) is 25.7. The smallest absolute Gasteiger partial charge is 0.139 e. The van der Waals surface area contributed by atoms with Crippen molar-refractivity contribution in [1.29, 1.82) is 0 Å². The minimum Gasteiger partial charge on any atom is -0.392 e. The van der Waals surface area contributed by atoms with Crippen LogP contribution in [0.25, 0.3) is 0 Å². The molecule has 0 aromatic rings. The van der Waals surface area contributed by atoms with E-state index >= 15 is 0 Å². The Morgan fingerprint density at radius 3 is 2.60 bits per heavy atom. The molecule has 144 valence electrons. The number of Topliss-reactive ketones (excluding diaryl/α,β-unsaturated/α-hetero) is 1. The first-order valence-corrected chi connectivity index (χ1v) is 10.2.